The molecular weight excluding hydrogens is 771 g/mol. The van der Waals surface area contributed by atoms with Gasteiger partial charge in [0.05, 0.1) is 11.1 Å². The zero-order chi connectivity index (χ0) is 41.1. The number of benzene rings is 10. The van der Waals surface area contributed by atoms with E-state index >= 15 is 0 Å². The van der Waals surface area contributed by atoms with Crippen molar-refractivity contribution in [1.82, 2.24) is 0 Å². The maximum absolute atomic E-state index is 7.09. The molecule has 0 aliphatic heterocycles. The average Bonchev–Trinajstić information content (AvgIpc) is 3.98. The Hall–Kier alpha value is -7.46. The van der Waals surface area contributed by atoms with Crippen LogP contribution in [0.3, 0.4) is 0 Å². The van der Waals surface area contributed by atoms with E-state index in [-0.39, 0.29) is 5.41 Å². The maximum atomic E-state index is 7.09. The summed E-state index contributed by atoms with van der Waals surface area (Å²) in [5.41, 5.74) is 14.9. The summed E-state index contributed by atoms with van der Waals surface area (Å²) >= 11 is 1.88. The number of nitrogens with zero attached hydrogens (tertiary/aromatic N) is 1. The van der Waals surface area contributed by atoms with Crippen LogP contribution in [0.4, 0.5) is 17.1 Å². The van der Waals surface area contributed by atoms with Gasteiger partial charge < -0.3 is 9.32 Å². The van der Waals surface area contributed by atoms with Crippen LogP contribution in [0, 0.1) is 0 Å². The van der Waals surface area contributed by atoms with Gasteiger partial charge in [-0.25, -0.2) is 0 Å². The van der Waals surface area contributed by atoms with E-state index in [0.717, 1.165) is 55.5 Å². The zero-order valence-electron chi connectivity index (χ0n) is 34.3. The number of hydrogen-bond acceptors (Lipinski definition) is 3. The van der Waals surface area contributed by atoms with E-state index in [1.165, 1.54) is 69.7 Å². The van der Waals surface area contributed by atoms with Crippen molar-refractivity contribution >= 4 is 92.1 Å². The Balaban J connectivity index is 1.13. The lowest BCUT2D eigenvalue weighted by atomic mass is 9.82. The molecule has 2 aromatic heterocycles. The Morgan fingerprint density at radius 1 is 0.419 bits per heavy atom. The molecule has 3 heteroatoms. The molecule has 1 aliphatic rings. The Kier molecular flexibility index (Phi) is 7.56. The van der Waals surface area contributed by atoms with Crippen molar-refractivity contribution in [2.45, 2.75) is 19.3 Å². The Labute approximate surface area is 363 Å². The third-order valence-electron chi connectivity index (χ3n) is 13.5. The van der Waals surface area contributed by atoms with Gasteiger partial charge in [0.15, 0.2) is 0 Å². The molecule has 62 heavy (non-hydrogen) atoms. The topological polar surface area (TPSA) is 16.4 Å². The zero-order valence-corrected chi connectivity index (χ0v) is 35.1. The SMILES string of the molecule is CC1(C)c2ccccc2-c2ccc(N(c3ccc(-c4cccc5c4sc4ccccc45)cc3)c3c(-c4ccccc4)ccc4oc5c6ccccc6c6ccccc6c5c34)cc21. The van der Waals surface area contributed by atoms with Gasteiger partial charge >= 0.3 is 0 Å². The molecule has 12 aromatic rings. The summed E-state index contributed by atoms with van der Waals surface area (Å²) < 4.78 is 9.73. The van der Waals surface area contributed by atoms with E-state index in [2.05, 4.69) is 219 Å². The number of rotatable bonds is 5. The van der Waals surface area contributed by atoms with Gasteiger partial charge in [-0.15, -0.1) is 11.3 Å². The largest absolute Gasteiger partial charge is 0.455 e. The second-order valence-electron chi connectivity index (χ2n) is 17.2. The maximum Gasteiger partial charge on any atom is 0.143 e. The first kappa shape index (κ1) is 35.3. The first-order valence-electron chi connectivity index (χ1n) is 21.4. The van der Waals surface area contributed by atoms with Crippen molar-refractivity contribution in [3.8, 4) is 33.4 Å². The Morgan fingerprint density at radius 2 is 1.02 bits per heavy atom. The molecule has 0 N–H and O–H groups in total. The highest BCUT2D eigenvalue weighted by atomic mass is 32.1. The van der Waals surface area contributed by atoms with Crippen LogP contribution in [-0.2, 0) is 5.41 Å². The molecule has 0 unspecified atom stereocenters. The predicted molar refractivity (Wildman–Crippen MR) is 265 cm³/mol. The summed E-state index contributed by atoms with van der Waals surface area (Å²) in [5, 5.41) is 9.57. The number of anilines is 3. The fraction of sp³-hybridized carbons (Fsp3) is 0.0508. The second kappa shape index (κ2) is 13.3. The lowest BCUT2D eigenvalue weighted by Crippen LogP contribution is -2.17. The van der Waals surface area contributed by atoms with Gasteiger partial charge in [0.1, 0.15) is 11.2 Å². The summed E-state index contributed by atoms with van der Waals surface area (Å²) in [6.45, 7) is 4.73. The van der Waals surface area contributed by atoms with E-state index in [9.17, 15) is 0 Å². The van der Waals surface area contributed by atoms with E-state index in [1.807, 2.05) is 11.3 Å². The smallest absolute Gasteiger partial charge is 0.143 e. The molecule has 10 aromatic carbocycles. The molecule has 1 aliphatic carbocycles. The highest BCUT2D eigenvalue weighted by Crippen LogP contribution is 2.54. The van der Waals surface area contributed by atoms with Gasteiger partial charge in [-0.3, -0.25) is 0 Å². The van der Waals surface area contributed by atoms with Gasteiger partial charge in [-0.1, -0.05) is 172 Å². The van der Waals surface area contributed by atoms with Gasteiger partial charge in [-0.2, -0.15) is 0 Å². The molecular formula is C59H39NOS. The van der Waals surface area contributed by atoms with Crippen LogP contribution in [0.1, 0.15) is 25.0 Å². The quantitative estimate of drug-likeness (QED) is 0.161. The molecule has 13 rings (SSSR count). The minimum absolute atomic E-state index is 0.174. The van der Waals surface area contributed by atoms with E-state index in [1.54, 1.807) is 0 Å². The van der Waals surface area contributed by atoms with Crippen LogP contribution >= 0.6 is 11.3 Å². The monoisotopic (exact) mass is 809 g/mol. The van der Waals surface area contributed by atoms with E-state index < -0.39 is 0 Å². The van der Waals surface area contributed by atoms with Crippen LogP contribution in [0.15, 0.2) is 205 Å². The molecule has 0 bridgehead atoms. The highest BCUT2D eigenvalue weighted by molar-refractivity contribution is 7.26. The summed E-state index contributed by atoms with van der Waals surface area (Å²) in [4.78, 5) is 2.51. The van der Waals surface area contributed by atoms with Crippen molar-refractivity contribution in [1.29, 1.82) is 0 Å². The summed E-state index contributed by atoms with van der Waals surface area (Å²) in [7, 11) is 0. The van der Waals surface area contributed by atoms with Gasteiger partial charge in [-0.05, 0) is 97.6 Å². The summed E-state index contributed by atoms with van der Waals surface area (Å²) in [6.07, 6.45) is 0. The van der Waals surface area contributed by atoms with Gasteiger partial charge in [0, 0.05) is 53.3 Å². The van der Waals surface area contributed by atoms with Gasteiger partial charge in [0.25, 0.3) is 0 Å². The molecule has 0 fully saturated rings. The molecule has 0 saturated carbocycles. The summed E-state index contributed by atoms with van der Waals surface area (Å²) in [6, 6.07) is 73.6. The predicted octanol–water partition coefficient (Wildman–Crippen LogP) is 17.4. The molecule has 2 heterocycles. The second-order valence-corrected chi connectivity index (χ2v) is 18.2. The van der Waals surface area contributed by atoms with Crippen LogP contribution in [0.2, 0.25) is 0 Å². The molecule has 0 spiro atoms. The van der Waals surface area contributed by atoms with Crippen molar-refractivity contribution in [2.75, 3.05) is 4.90 Å². The molecule has 292 valence electrons. The number of thiophene rings is 1. The van der Waals surface area contributed by atoms with Crippen molar-refractivity contribution in [3.63, 3.8) is 0 Å². The third kappa shape index (κ3) is 5.03. The average molecular weight is 810 g/mol. The lowest BCUT2D eigenvalue weighted by molar-refractivity contribution is 0.660. The normalized spacial score (nSPS) is 13.1. The number of furan rings is 1. The van der Waals surface area contributed by atoms with E-state index in [0.29, 0.717) is 0 Å². The first-order valence-corrected chi connectivity index (χ1v) is 22.2. The molecule has 0 saturated heterocycles. The number of fused-ring (bicyclic) bond motifs is 14. The first-order chi connectivity index (χ1) is 30.5. The lowest BCUT2D eigenvalue weighted by Gasteiger charge is -2.30. The van der Waals surface area contributed by atoms with Crippen LogP contribution in [-0.4, -0.2) is 0 Å². The Bertz CT molecular complexity index is 3780. The molecule has 0 amide bonds. The summed E-state index contributed by atoms with van der Waals surface area (Å²) in [5.74, 6) is 0. The minimum Gasteiger partial charge on any atom is -0.455 e. The number of hydrogen-bond donors (Lipinski definition) is 0. The van der Waals surface area contributed by atoms with Crippen LogP contribution < -0.4 is 4.90 Å². The van der Waals surface area contributed by atoms with Crippen LogP contribution in [0.25, 0.3) is 97.0 Å². The molecule has 0 radical (unpaired) electrons. The third-order valence-corrected chi connectivity index (χ3v) is 14.7. The van der Waals surface area contributed by atoms with E-state index in [4.69, 9.17) is 4.42 Å². The standard InChI is InChI=1S/C59H39NOS/c1-59(2)50-25-12-10-19-44(50)45-32-31-39(35-51(45)59)60(38-29-27-37(28-30-38)41-23-14-24-49-46-20-11-13-26-53(46)62-58(41)49)56-40(36-15-4-3-5-16-36)33-34-52-55(56)54-47-21-8-6-17-42(47)43-18-7-9-22-48(43)57(54)61-52/h3-35H,1-2H3. The highest BCUT2D eigenvalue weighted by Gasteiger charge is 2.36. The van der Waals surface area contributed by atoms with Crippen molar-refractivity contribution in [3.05, 3.63) is 211 Å². The van der Waals surface area contributed by atoms with Crippen molar-refractivity contribution < 1.29 is 4.42 Å². The molecule has 0 atom stereocenters. The fourth-order valence-corrected chi connectivity index (χ4v) is 11.8. The molecule has 2 nitrogen and oxygen atoms in total. The Morgan fingerprint density at radius 3 is 1.84 bits per heavy atom. The van der Waals surface area contributed by atoms with Gasteiger partial charge in [0.2, 0.25) is 0 Å². The van der Waals surface area contributed by atoms with Crippen LogP contribution in [0.5, 0.6) is 0 Å². The fourth-order valence-electron chi connectivity index (χ4n) is 10.6. The minimum atomic E-state index is -0.174. The van der Waals surface area contributed by atoms with Crippen molar-refractivity contribution in [2.24, 2.45) is 0 Å².